The van der Waals surface area contributed by atoms with E-state index >= 15 is 0 Å². The Balaban J connectivity index is 2.48. The molecule has 2 aromatic rings. The molecule has 23 heavy (non-hydrogen) atoms. The van der Waals surface area contributed by atoms with E-state index in [1.807, 2.05) is 24.9 Å². The minimum absolute atomic E-state index is 0.0946. The molecule has 0 spiro atoms. The van der Waals surface area contributed by atoms with Gasteiger partial charge in [-0.25, -0.2) is 4.79 Å². The number of methoxy groups -OCH3 is 1. The maximum atomic E-state index is 12.1. The quantitative estimate of drug-likeness (QED) is 0.688. The zero-order chi connectivity index (χ0) is 17.2. The SMILES string of the molecule is COC(=O)c1sc(C#CC(C)(C)C)cc1N(C)c1cn[nH]c1C. The third-order valence-corrected chi connectivity index (χ3v) is 4.19. The third kappa shape index (κ3) is 3.93. The van der Waals surface area contributed by atoms with Crippen molar-refractivity contribution < 1.29 is 9.53 Å². The van der Waals surface area contributed by atoms with Crippen LogP contribution in [0, 0.1) is 24.2 Å². The Labute approximate surface area is 140 Å². The Morgan fingerprint density at radius 1 is 1.39 bits per heavy atom. The fraction of sp³-hybridized carbons (Fsp3) is 0.412. The molecule has 0 unspecified atom stereocenters. The zero-order valence-corrected chi connectivity index (χ0v) is 15.1. The van der Waals surface area contributed by atoms with Crippen molar-refractivity contribution in [1.82, 2.24) is 10.2 Å². The fourth-order valence-corrected chi connectivity index (χ4v) is 2.95. The Morgan fingerprint density at radius 3 is 2.61 bits per heavy atom. The minimum Gasteiger partial charge on any atom is -0.465 e. The first-order chi connectivity index (χ1) is 10.7. The standard InChI is InChI=1S/C17H21N3O2S/c1-11-14(10-18-19-11)20(5)13-9-12(7-8-17(2,3)4)23-15(13)16(21)22-6/h9-10H,1-6H3,(H,18,19). The molecule has 2 rings (SSSR count). The van der Waals surface area contributed by atoms with E-state index in [2.05, 4.69) is 42.8 Å². The van der Waals surface area contributed by atoms with Gasteiger partial charge in [0, 0.05) is 12.5 Å². The molecule has 0 fully saturated rings. The predicted molar refractivity (Wildman–Crippen MR) is 93.4 cm³/mol. The number of carbonyl (C=O) groups is 1. The molecule has 0 saturated carbocycles. The number of nitrogens with zero attached hydrogens (tertiary/aromatic N) is 2. The molecule has 0 aromatic carbocycles. The van der Waals surface area contributed by atoms with Crippen molar-refractivity contribution in [3.05, 3.63) is 27.7 Å². The summed E-state index contributed by atoms with van der Waals surface area (Å²) in [7, 11) is 3.28. The molecule has 0 aliphatic rings. The van der Waals surface area contributed by atoms with Crippen LogP contribution in [0.3, 0.4) is 0 Å². The number of aryl methyl sites for hydroxylation is 1. The summed E-state index contributed by atoms with van der Waals surface area (Å²) < 4.78 is 4.91. The number of H-pyrrole nitrogens is 1. The number of aromatic nitrogens is 2. The molecule has 0 radical (unpaired) electrons. The maximum absolute atomic E-state index is 12.1. The van der Waals surface area contributed by atoms with Gasteiger partial charge in [0.1, 0.15) is 4.88 Å². The van der Waals surface area contributed by atoms with Gasteiger partial charge in [-0.1, -0.05) is 11.8 Å². The van der Waals surface area contributed by atoms with Crippen LogP contribution in [-0.2, 0) is 4.74 Å². The Hall–Kier alpha value is -2.26. The number of esters is 1. The normalized spacial score (nSPS) is 10.9. The van der Waals surface area contributed by atoms with Gasteiger partial charge in [-0.15, -0.1) is 11.3 Å². The summed E-state index contributed by atoms with van der Waals surface area (Å²) in [4.78, 5) is 15.4. The van der Waals surface area contributed by atoms with Crippen LogP contribution in [0.4, 0.5) is 11.4 Å². The number of rotatable bonds is 3. The number of hydrogen-bond donors (Lipinski definition) is 1. The predicted octanol–water partition coefficient (Wildman–Crippen LogP) is 3.73. The van der Waals surface area contributed by atoms with Crippen molar-refractivity contribution in [2.24, 2.45) is 5.41 Å². The van der Waals surface area contributed by atoms with Crippen LogP contribution in [0.25, 0.3) is 0 Å². The lowest BCUT2D eigenvalue weighted by molar-refractivity contribution is 0.0607. The molecule has 122 valence electrons. The van der Waals surface area contributed by atoms with Crippen molar-refractivity contribution >= 4 is 28.7 Å². The van der Waals surface area contributed by atoms with Crippen LogP contribution in [-0.4, -0.2) is 30.3 Å². The van der Waals surface area contributed by atoms with Gasteiger partial charge in [0.15, 0.2) is 0 Å². The van der Waals surface area contributed by atoms with Gasteiger partial charge in [-0.05, 0) is 33.8 Å². The van der Waals surface area contributed by atoms with Gasteiger partial charge in [0.05, 0.1) is 35.3 Å². The van der Waals surface area contributed by atoms with E-state index in [9.17, 15) is 4.79 Å². The molecule has 0 aliphatic carbocycles. The second kappa shape index (κ2) is 6.47. The third-order valence-electron chi connectivity index (χ3n) is 3.17. The summed E-state index contributed by atoms with van der Waals surface area (Å²) in [5, 5.41) is 6.93. The van der Waals surface area contributed by atoms with E-state index in [-0.39, 0.29) is 11.4 Å². The summed E-state index contributed by atoms with van der Waals surface area (Å²) in [6.07, 6.45) is 1.73. The molecule has 0 amide bonds. The molecular weight excluding hydrogens is 310 g/mol. The number of anilines is 2. The highest BCUT2D eigenvalue weighted by molar-refractivity contribution is 7.15. The van der Waals surface area contributed by atoms with Crippen LogP contribution in [0.5, 0.6) is 0 Å². The van der Waals surface area contributed by atoms with Crippen molar-refractivity contribution in [2.75, 3.05) is 19.1 Å². The lowest BCUT2D eigenvalue weighted by atomic mass is 9.98. The van der Waals surface area contributed by atoms with E-state index in [1.165, 1.54) is 18.4 Å². The first-order valence-corrected chi connectivity index (χ1v) is 8.03. The van der Waals surface area contributed by atoms with E-state index in [1.54, 1.807) is 6.20 Å². The van der Waals surface area contributed by atoms with Gasteiger partial charge in [-0.3, -0.25) is 5.10 Å². The van der Waals surface area contributed by atoms with E-state index in [0.717, 1.165) is 21.9 Å². The molecule has 2 heterocycles. The minimum atomic E-state index is -0.359. The summed E-state index contributed by atoms with van der Waals surface area (Å²) >= 11 is 1.34. The fourth-order valence-electron chi connectivity index (χ4n) is 1.99. The van der Waals surface area contributed by atoms with Crippen molar-refractivity contribution in [3.8, 4) is 11.8 Å². The molecular formula is C17H21N3O2S. The lowest BCUT2D eigenvalue weighted by Crippen LogP contribution is -2.13. The van der Waals surface area contributed by atoms with Gasteiger partial charge >= 0.3 is 5.97 Å². The molecule has 5 nitrogen and oxygen atoms in total. The average molecular weight is 331 g/mol. The highest BCUT2D eigenvalue weighted by Crippen LogP contribution is 2.35. The maximum Gasteiger partial charge on any atom is 0.350 e. The zero-order valence-electron chi connectivity index (χ0n) is 14.3. The Kier molecular flexibility index (Phi) is 4.81. The number of ether oxygens (including phenoxy) is 1. The lowest BCUT2D eigenvalue weighted by Gasteiger charge is -2.18. The van der Waals surface area contributed by atoms with Crippen molar-refractivity contribution in [3.63, 3.8) is 0 Å². The number of aromatic amines is 1. The molecule has 0 bridgehead atoms. The van der Waals surface area contributed by atoms with Crippen LogP contribution < -0.4 is 4.90 Å². The summed E-state index contributed by atoms with van der Waals surface area (Å²) in [5.41, 5.74) is 2.51. The molecule has 0 aliphatic heterocycles. The van der Waals surface area contributed by atoms with Crippen LogP contribution in [0.1, 0.15) is 41.0 Å². The van der Waals surface area contributed by atoms with Gasteiger partial charge in [0.25, 0.3) is 0 Å². The summed E-state index contributed by atoms with van der Waals surface area (Å²) in [6, 6.07) is 1.92. The number of nitrogens with one attached hydrogen (secondary N) is 1. The van der Waals surface area contributed by atoms with E-state index in [0.29, 0.717) is 4.88 Å². The van der Waals surface area contributed by atoms with Crippen molar-refractivity contribution in [1.29, 1.82) is 0 Å². The Bertz CT molecular complexity index is 772. The monoisotopic (exact) mass is 331 g/mol. The topological polar surface area (TPSA) is 58.2 Å². The molecule has 2 aromatic heterocycles. The van der Waals surface area contributed by atoms with Crippen LogP contribution in [0.15, 0.2) is 12.3 Å². The van der Waals surface area contributed by atoms with E-state index < -0.39 is 0 Å². The van der Waals surface area contributed by atoms with Crippen molar-refractivity contribution in [2.45, 2.75) is 27.7 Å². The smallest absolute Gasteiger partial charge is 0.350 e. The Morgan fingerprint density at radius 2 is 2.09 bits per heavy atom. The second-order valence-electron chi connectivity index (χ2n) is 6.26. The van der Waals surface area contributed by atoms with Gasteiger partial charge in [-0.2, -0.15) is 5.10 Å². The number of thiophene rings is 1. The molecule has 1 N–H and O–H groups in total. The second-order valence-corrected chi connectivity index (χ2v) is 7.31. The van der Waals surface area contributed by atoms with Gasteiger partial charge < -0.3 is 9.64 Å². The van der Waals surface area contributed by atoms with Crippen LogP contribution in [0.2, 0.25) is 0 Å². The number of carbonyl (C=O) groups excluding carboxylic acids is 1. The first kappa shape index (κ1) is 17.1. The summed E-state index contributed by atoms with van der Waals surface area (Å²) in [6.45, 7) is 8.09. The van der Waals surface area contributed by atoms with Crippen LogP contribution >= 0.6 is 11.3 Å². The molecule has 0 atom stereocenters. The first-order valence-electron chi connectivity index (χ1n) is 7.22. The summed E-state index contributed by atoms with van der Waals surface area (Å²) in [5.74, 6) is 5.98. The molecule has 0 saturated heterocycles. The van der Waals surface area contributed by atoms with Gasteiger partial charge in [0.2, 0.25) is 0 Å². The molecule has 6 heteroatoms. The highest BCUT2D eigenvalue weighted by Gasteiger charge is 2.21. The largest absolute Gasteiger partial charge is 0.465 e. The average Bonchev–Trinajstić information content (AvgIpc) is 3.09. The van der Waals surface area contributed by atoms with E-state index in [4.69, 9.17) is 4.74 Å². The number of hydrogen-bond acceptors (Lipinski definition) is 5. The highest BCUT2D eigenvalue weighted by atomic mass is 32.1.